The molecule has 27 heavy (non-hydrogen) atoms. The van der Waals surface area contributed by atoms with Crippen LogP contribution < -0.4 is 4.57 Å². The molecule has 0 saturated carbocycles. The second-order valence-corrected chi connectivity index (χ2v) is 8.19. The van der Waals surface area contributed by atoms with Crippen LogP contribution >= 0.6 is 0 Å². The van der Waals surface area contributed by atoms with Crippen LogP contribution in [0.4, 0.5) is 5.69 Å². The molecule has 3 heteroatoms. The first kappa shape index (κ1) is 17.3. The zero-order chi connectivity index (χ0) is 19.3. The van der Waals surface area contributed by atoms with Gasteiger partial charge in [-0.05, 0) is 29.5 Å². The quantitative estimate of drug-likeness (QED) is 0.293. The molecule has 0 aliphatic carbocycles. The van der Waals surface area contributed by atoms with Gasteiger partial charge in [-0.25, -0.2) is 9.41 Å². The molecular weight excluding hydrogens is 332 g/mol. The molecule has 0 amide bonds. The van der Waals surface area contributed by atoms with E-state index in [1.165, 1.54) is 11.1 Å². The van der Waals surface area contributed by atoms with Crippen molar-refractivity contribution in [2.24, 2.45) is 7.05 Å². The Morgan fingerprint density at radius 1 is 1.00 bits per heavy atom. The summed E-state index contributed by atoms with van der Waals surface area (Å²) in [5, 5.41) is 2.14. The van der Waals surface area contributed by atoms with E-state index in [1.807, 2.05) is 18.2 Å². The van der Waals surface area contributed by atoms with E-state index in [9.17, 15) is 0 Å². The van der Waals surface area contributed by atoms with Crippen molar-refractivity contribution in [3.05, 3.63) is 71.2 Å². The zero-order valence-corrected chi connectivity index (χ0v) is 16.4. The molecule has 2 heterocycles. The van der Waals surface area contributed by atoms with Crippen molar-refractivity contribution in [2.75, 3.05) is 0 Å². The van der Waals surface area contributed by atoms with Gasteiger partial charge >= 0.3 is 0 Å². The van der Waals surface area contributed by atoms with E-state index in [1.54, 1.807) is 0 Å². The van der Waals surface area contributed by atoms with Gasteiger partial charge in [0.1, 0.15) is 18.2 Å². The Labute approximate surface area is 159 Å². The lowest BCUT2D eigenvalue weighted by Gasteiger charge is -2.19. The molecule has 0 bridgehead atoms. The molecular formula is C24H23N2O+. The third-order valence-corrected chi connectivity index (χ3v) is 5.23. The molecule has 4 aromatic rings. The molecule has 0 fully saturated rings. The lowest BCUT2D eigenvalue weighted by molar-refractivity contribution is -0.660. The summed E-state index contributed by atoms with van der Waals surface area (Å²) in [4.78, 5) is 3.53. The van der Waals surface area contributed by atoms with Crippen molar-refractivity contribution in [1.29, 1.82) is 0 Å². The van der Waals surface area contributed by atoms with E-state index in [0.717, 1.165) is 33.2 Å². The first-order chi connectivity index (χ1) is 12.8. The monoisotopic (exact) mass is 355 g/mol. The highest BCUT2D eigenvalue weighted by atomic mass is 16.3. The van der Waals surface area contributed by atoms with E-state index >= 15 is 0 Å². The second kappa shape index (κ2) is 5.96. The Morgan fingerprint density at radius 2 is 1.74 bits per heavy atom. The SMILES string of the molecule is [C-]#[N+]c1ccc2c(c1)oc1c(-c3cc(C(C)(C)C)cc[n+]3C)c(C)ccc12. The molecule has 0 aliphatic rings. The minimum absolute atomic E-state index is 0.0726. The van der Waals surface area contributed by atoms with Gasteiger partial charge < -0.3 is 4.42 Å². The number of nitrogens with zero attached hydrogens (tertiary/aromatic N) is 2. The summed E-state index contributed by atoms with van der Waals surface area (Å²) < 4.78 is 8.43. The topological polar surface area (TPSA) is 21.4 Å². The first-order valence-corrected chi connectivity index (χ1v) is 9.13. The minimum Gasteiger partial charge on any atom is -0.456 e. The highest BCUT2D eigenvalue weighted by Crippen LogP contribution is 2.38. The van der Waals surface area contributed by atoms with Gasteiger partial charge in [0.25, 0.3) is 0 Å². The van der Waals surface area contributed by atoms with Gasteiger partial charge in [0, 0.05) is 22.9 Å². The maximum atomic E-state index is 7.25. The summed E-state index contributed by atoms with van der Waals surface area (Å²) in [5.74, 6) is 0. The molecule has 0 spiro atoms. The van der Waals surface area contributed by atoms with E-state index in [2.05, 4.69) is 74.6 Å². The van der Waals surface area contributed by atoms with Gasteiger partial charge in [0.2, 0.25) is 5.69 Å². The van der Waals surface area contributed by atoms with E-state index in [-0.39, 0.29) is 5.41 Å². The van der Waals surface area contributed by atoms with Crippen LogP contribution in [0.5, 0.6) is 0 Å². The molecule has 134 valence electrons. The lowest BCUT2D eigenvalue weighted by atomic mass is 9.86. The predicted molar refractivity (Wildman–Crippen MR) is 110 cm³/mol. The Bertz CT molecular complexity index is 1230. The molecule has 4 rings (SSSR count). The average Bonchev–Trinajstić information content (AvgIpc) is 2.99. The van der Waals surface area contributed by atoms with Crippen LogP contribution in [-0.4, -0.2) is 0 Å². The number of pyridine rings is 1. The summed E-state index contributed by atoms with van der Waals surface area (Å²) in [7, 11) is 2.07. The summed E-state index contributed by atoms with van der Waals surface area (Å²) in [6, 6.07) is 14.4. The number of aryl methyl sites for hydroxylation is 2. The molecule has 0 N–H and O–H groups in total. The molecule has 0 saturated heterocycles. The molecule has 3 nitrogen and oxygen atoms in total. The lowest BCUT2D eigenvalue weighted by Crippen LogP contribution is -2.32. The van der Waals surface area contributed by atoms with Crippen LogP contribution in [0.25, 0.3) is 38.0 Å². The van der Waals surface area contributed by atoms with E-state index in [0.29, 0.717) is 5.69 Å². The largest absolute Gasteiger partial charge is 0.456 e. The molecule has 0 radical (unpaired) electrons. The predicted octanol–water partition coefficient (Wildman–Crippen LogP) is 6.23. The number of rotatable bonds is 1. The standard InChI is InChI=1S/C24H23N2O/c1-15-7-9-19-18-10-8-17(25-5)14-21(18)27-23(19)22(15)20-13-16(24(2,3)4)11-12-26(20)6/h7-14H,1-4,6H3/q+1. The zero-order valence-electron chi connectivity index (χ0n) is 16.4. The fourth-order valence-electron chi connectivity index (χ4n) is 3.60. The summed E-state index contributed by atoms with van der Waals surface area (Å²) >= 11 is 0. The normalized spacial score (nSPS) is 11.9. The van der Waals surface area contributed by atoms with Crippen LogP contribution in [0, 0.1) is 13.5 Å². The number of hydrogen-bond donors (Lipinski definition) is 0. The van der Waals surface area contributed by atoms with Gasteiger partial charge in [-0.2, -0.15) is 0 Å². The molecule has 2 aromatic heterocycles. The number of hydrogen-bond acceptors (Lipinski definition) is 1. The molecule has 0 unspecified atom stereocenters. The molecule has 2 aromatic carbocycles. The Kier molecular flexibility index (Phi) is 3.82. The van der Waals surface area contributed by atoms with Crippen molar-refractivity contribution in [1.82, 2.24) is 0 Å². The maximum Gasteiger partial charge on any atom is 0.216 e. The number of fused-ring (bicyclic) bond motifs is 3. The highest BCUT2D eigenvalue weighted by Gasteiger charge is 2.23. The highest BCUT2D eigenvalue weighted by molar-refractivity contribution is 6.10. The maximum absolute atomic E-state index is 7.25. The van der Waals surface area contributed by atoms with Crippen molar-refractivity contribution < 1.29 is 8.98 Å². The third-order valence-electron chi connectivity index (χ3n) is 5.23. The van der Waals surface area contributed by atoms with Crippen molar-refractivity contribution >= 4 is 27.6 Å². The van der Waals surface area contributed by atoms with Gasteiger partial charge in [-0.3, -0.25) is 0 Å². The fraction of sp³-hybridized carbons (Fsp3) is 0.250. The van der Waals surface area contributed by atoms with Gasteiger partial charge in [0.05, 0.1) is 12.1 Å². The smallest absolute Gasteiger partial charge is 0.216 e. The van der Waals surface area contributed by atoms with E-state index < -0.39 is 0 Å². The number of aromatic nitrogens is 1. The van der Waals surface area contributed by atoms with Crippen LogP contribution in [0.3, 0.4) is 0 Å². The van der Waals surface area contributed by atoms with E-state index in [4.69, 9.17) is 11.0 Å². The first-order valence-electron chi connectivity index (χ1n) is 9.13. The van der Waals surface area contributed by atoms with Gasteiger partial charge in [-0.15, -0.1) is 0 Å². The minimum atomic E-state index is 0.0726. The third kappa shape index (κ3) is 2.78. The average molecular weight is 355 g/mol. The van der Waals surface area contributed by atoms with Gasteiger partial charge in [0.15, 0.2) is 11.9 Å². The van der Waals surface area contributed by atoms with Crippen LogP contribution in [-0.2, 0) is 12.5 Å². The summed E-state index contributed by atoms with van der Waals surface area (Å²) in [6.07, 6.45) is 2.12. The summed E-state index contributed by atoms with van der Waals surface area (Å²) in [5.41, 5.74) is 7.03. The number of benzene rings is 2. The van der Waals surface area contributed by atoms with Crippen molar-refractivity contribution in [2.45, 2.75) is 33.1 Å². The van der Waals surface area contributed by atoms with Crippen LogP contribution in [0.1, 0.15) is 31.9 Å². The fourth-order valence-corrected chi connectivity index (χ4v) is 3.60. The summed E-state index contributed by atoms with van der Waals surface area (Å²) in [6.45, 7) is 16.1. The second-order valence-electron chi connectivity index (χ2n) is 8.19. The van der Waals surface area contributed by atoms with Crippen LogP contribution in [0.15, 0.2) is 53.1 Å². The van der Waals surface area contributed by atoms with Crippen LogP contribution in [0.2, 0.25) is 0 Å². The molecule has 0 atom stereocenters. The number of furan rings is 1. The van der Waals surface area contributed by atoms with Gasteiger partial charge in [-0.1, -0.05) is 45.0 Å². The Morgan fingerprint density at radius 3 is 2.44 bits per heavy atom. The molecule has 0 aliphatic heterocycles. The Balaban J connectivity index is 2.08. The van der Waals surface area contributed by atoms with Crippen molar-refractivity contribution in [3.8, 4) is 11.3 Å². The van der Waals surface area contributed by atoms with Crippen molar-refractivity contribution in [3.63, 3.8) is 0 Å². The Hall–Kier alpha value is -3.12.